The Labute approximate surface area is 202 Å². The normalized spacial score (nSPS) is 12.0. The summed E-state index contributed by atoms with van der Waals surface area (Å²) in [5.74, 6) is -2.52. The lowest BCUT2D eigenvalue weighted by Gasteiger charge is -2.11. The number of benzene rings is 4. The Bertz CT molecular complexity index is 1440. The van der Waals surface area contributed by atoms with Crippen molar-refractivity contribution in [3.05, 3.63) is 106 Å². The van der Waals surface area contributed by atoms with Crippen molar-refractivity contribution in [3.8, 4) is 11.5 Å². The van der Waals surface area contributed by atoms with E-state index in [1.165, 1.54) is 66.7 Å². The van der Waals surface area contributed by atoms with Crippen LogP contribution in [-0.2, 0) is 0 Å². The van der Waals surface area contributed by atoms with Gasteiger partial charge in [-0.1, -0.05) is 23.7 Å². The van der Waals surface area contributed by atoms with Crippen LogP contribution >= 0.6 is 11.6 Å². The molecule has 4 aromatic carbocycles. The number of esters is 2. The van der Waals surface area contributed by atoms with Crippen LogP contribution in [0.15, 0.2) is 78.9 Å². The number of ether oxygens (including phenoxy) is 2. The van der Waals surface area contributed by atoms with Gasteiger partial charge in [-0.25, -0.2) is 19.2 Å². The summed E-state index contributed by atoms with van der Waals surface area (Å²) in [6.45, 7) is 0. The third kappa shape index (κ3) is 5.29. The summed E-state index contributed by atoms with van der Waals surface area (Å²) < 4.78 is 10.3. The second-order valence-electron chi connectivity index (χ2n) is 7.34. The predicted octanol–water partition coefficient (Wildman–Crippen LogP) is 5.33. The molecule has 9 heteroatoms. The smallest absolute Gasteiger partial charge is 0.343 e. The average molecular weight is 491 g/mol. The van der Waals surface area contributed by atoms with E-state index in [4.69, 9.17) is 31.3 Å². The van der Waals surface area contributed by atoms with Crippen LogP contribution in [0.5, 0.6) is 11.5 Å². The van der Waals surface area contributed by atoms with Gasteiger partial charge < -0.3 is 19.7 Å². The van der Waals surface area contributed by atoms with E-state index in [0.717, 1.165) is 0 Å². The molecule has 0 aliphatic carbocycles. The van der Waals surface area contributed by atoms with Crippen molar-refractivity contribution in [2.45, 2.75) is 0 Å². The number of carbonyl (C=O) groups is 4. The quantitative estimate of drug-likeness (QED) is 0.285. The van der Waals surface area contributed by atoms with E-state index in [9.17, 15) is 19.2 Å². The topological polar surface area (TPSA) is 127 Å². The Morgan fingerprint density at radius 3 is 1.57 bits per heavy atom. The highest BCUT2D eigenvalue weighted by Gasteiger charge is 2.17. The van der Waals surface area contributed by atoms with Gasteiger partial charge in [-0.3, -0.25) is 0 Å². The number of carboxylic acid groups (broad SMARTS) is 2. The van der Waals surface area contributed by atoms with Crippen molar-refractivity contribution < 1.29 is 38.9 Å². The molecule has 4 aliphatic heterocycles. The van der Waals surface area contributed by atoms with Crippen LogP contribution in [0.2, 0.25) is 5.02 Å². The zero-order valence-electron chi connectivity index (χ0n) is 17.7. The molecule has 0 saturated carbocycles. The van der Waals surface area contributed by atoms with Gasteiger partial charge in [-0.2, -0.15) is 0 Å². The van der Waals surface area contributed by atoms with Gasteiger partial charge in [-0.05, 0) is 71.4 Å². The summed E-state index contributed by atoms with van der Waals surface area (Å²) in [5.41, 5.74) is 1.06. The van der Waals surface area contributed by atoms with Crippen LogP contribution in [0.4, 0.5) is 0 Å². The second kappa shape index (κ2) is 9.66. The number of aromatic carboxylic acids is 2. The molecule has 0 saturated heterocycles. The van der Waals surface area contributed by atoms with Gasteiger partial charge >= 0.3 is 23.9 Å². The molecule has 0 spiro atoms. The first-order valence-electron chi connectivity index (χ1n) is 10.1. The van der Waals surface area contributed by atoms with Gasteiger partial charge in [0.05, 0.1) is 27.3 Å². The Morgan fingerprint density at radius 1 is 0.629 bits per heavy atom. The molecule has 0 fully saturated rings. The van der Waals surface area contributed by atoms with Crippen LogP contribution in [0.25, 0.3) is 10.8 Å². The minimum atomic E-state index is -0.996. The van der Waals surface area contributed by atoms with Gasteiger partial charge in [0.1, 0.15) is 11.5 Å². The SMILES string of the molecule is O=C(O)c1ccc2cc(C(=O)O)ccc2c1.O=C1Oc2ccc(c(Cl)c2)OC(=O)c2ccc1cc2. The molecule has 0 unspecified atom stereocenters. The Morgan fingerprint density at radius 2 is 1.11 bits per heavy atom. The lowest BCUT2D eigenvalue weighted by atomic mass is 10.0. The Balaban J connectivity index is 0.000000168. The third-order valence-electron chi connectivity index (χ3n) is 5.01. The molecule has 8 rings (SSSR count). The lowest BCUT2D eigenvalue weighted by Crippen LogP contribution is -2.13. The number of rotatable bonds is 2. The number of fused-ring (bicyclic) bond motifs is 1. The summed E-state index contributed by atoms with van der Waals surface area (Å²) in [5, 5.41) is 19.2. The number of hydrogen-bond acceptors (Lipinski definition) is 6. The van der Waals surface area contributed by atoms with Crippen molar-refractivity contribution in [3.63, 3.8) is 0 Å². The zero-order valence-corrected chi connectivity index (χ0v) is 18.5. The first-order chi connectivity index (χ1) is 16.7. The molecule has 174 valence electrons. The minimum absolute atomic E-state index is 0.190. The molecule has 4 aliphatic rings. The molecule has 0 aromatic heterocycles. The monoisotopic (exact) mass is 490 g/mol. The molecule has 35 heavy (non-hydrogen) atoms. The van der Waals surface area contributed by atoms with E-state index in [1.54, 1.807) is 12.1 Å². The standard InChI is InChI=1S/C14H7ClO4.C12H8O4/c15-11-7-10-5-6-12(11)19-14(17)9-3-1-8(2-4-9)13(16)18-10;13-11(14)9-3-1-7-5-10(12(15)16)4-2-8(7)6-9/h1-7H;1-6H,(H,13,14)(H,15,16). The van der Waals surface area contributed by atoms with Gasteiger partial charge in [0.15, 0.2) is 0 Å². The molecule has 4 aromatic rings. The van der Waals surface area contributed by atoms with E-state index < -0.39 is 23.9 Å². The lowest BCUT2D eigenvalue weighted by molar-refractivity contribution is 0.0686. The van der Waals surface area contributed by atoms with Gasteiger partial charge in [0.2, 0.25) is 0 Å². The van der Waals surface area contributed by atoms with Crippen LogP contribution in [0, 0.1) is 0 Å². The number of hydrogen-bond donors (Lipinski definition) is 2. The van der Waals surface area contributed by atoms with Crippen LogP contribution < -0.4 is 9.47 Å². The molecule has 0 atom stereocenters. The molecule has 2 N–H and O–H groups in total. The van der Waals surface area contributed by atoms with E-state index in [1.807, 2.05) is 0 Å². The molecule has 4 bridgehead atoms. The fourth-order valence-corrected chi connectivity index (χ4v) is 3.42. The molecule has 8 nitrogen and oxygen atoms in total. The maximum atomic E-state index is 11.9. The zero-order chi connectivity index (χ0) is 25.1. The van der Waals surface area contributed by atoms with Gasteiger partial charge in [0, 0.05) is 6.07 Å². The summed E-state index contributed by atoms with van der Waals surface area (Å²) in [7, 11) is 0. The van der Waals surface area contributed by atoms with Crippen LogP contribution in [-0.4, -0.2) is 34.1 Å². The van der Waals surface area contributed by atoms with Crippen LogP contribution in [0.1, 0.15) is 41.4 Å². The molecule has 4 heterocycles. The molecular formula is C26H15ClO8. The van der Waals surface area contributed by atoms with Crippen molar-refractivity contribution in [2.75, 3.05) is 0 Å². The number of halogens is 1. The highest BCUT2D eigenvalue weighted by atomic mass is 35.5. The largest absolute Gasteiger partial charge is 0.478 e. The predicted molar refractivity (Wildman–Crippen MR) is 126 cm³/mol. The van der Waals surface area contributed by atoms with Gasteiger partial charge in [-0.15, -0.1) is 0 Å². The van der Waals surface area contributed by atoms with E-state index in [0.29, 0.717) is 27.6 Å². The third-order valence-corrected chi connectivity index (χ3v) is 5.30. The van der Waals surface area contributed by atoms with Crippen molar-refractivity contribution in [1.82, 2.24) is 0 Å². The fraction of sp³-hybridized carbons (Fsp3) is 0. The number of carbonyl (C=O) groups excluding carboxylic acids is 2. The first kappa shape index (κ1) is 23.5. The molecule has 0 amide bonds. The van der Waals surface area contributed by atoms with E-state index in [2.05, 4.69) is 0 Å². The van der Waals surface area contributed by atoms with Crippen molar-refractivity contribution >= 4 is 46.3 Å². The Hall–Kier alpha value is -4.69. The molecular weight excluding hydrogens is 476 g/mol. The summed E-state index contributed by atoms with van der Waals surface area (Å²) in [6, 6.07) is 19.6. The summed E-state index contributed by atoms with van der Waals surface area (Å²) >= 11 is 5.96. The summed E-state index contributed by atoms with van der Waals surface area (Å²) in [6.07, 6.45) is 0. The van der Waals surface area contributed by atoms with E-state index >= 15 is 0 Å². The average Bonchev–Trinajstić information content (AvgIpc) is 2.84. The molecule has 0 radical (unpaired) electrons. The fourth-order valence-electron chi connectivity index (χ4n) is 3.21. The second-order valence-corrected chi connectivity index (χ2v) is 7.74. The van der Waals surface area contributed by atoms with Crippen molar-refractivity contribution in [2.24, 2.45) is 0 Å². The maximum absolute atomic E-state index is 11.9. The Kier molecular flexibility index (Phi) is 6.48. The first-order valence-corrected chi connectivity index (χ1v) is 10.4. The highest BCUT2D eigenvalue weighted by molar-refractivity contribution is 6.32. The number of carboxylic acids is 2. The van der Waals surface area contributed by atoms with E-state index in [-0.39, 0.29) is 21.9 Å². The maximum Gasteiger partial charge on any atom is 0.343 e. The van der Waals surface area contributed by atoms with Crippen molar-refractivity contribution in [1.29, 1.82) is 0 Å². The highest BCUT2D eigenvalue weighted by Crippen LogP contribution is 2.30. The van der Waals surface area contributed by atoms with Gasteiger partial charge in [0.25, 0.3) is 0 Å². The van der Waals surface area contributed by atoms with Crippen LogP contribution in [0.3, 0.4) is 0 Å². The minimum Gasteiger partial charge on any atom is -0.478 e. The summed E-state index contributed by atoms with van der Waals surface area (Å²) in [4.78, 5) is 45.2.